The minimum Gasteiger partial charge on any atom is -0.467 e. The smallest absolute Gasteiger partial charge is 0.258 e. The maximum Gasteiger partial charge on any atom is 0.258 e. The highest BCUT2D eigenvalue weighted by atomic mass is 16.3. The van der Waals surface area contributed by atoms with Crippen molar-refractivity contribution in [2.24, 2.45) is 0 Å². The summed E-state index contributed by atoms with van der Waals surface area (Å²) in [5, 5.41) is 3.54. The number of carbonyl (C=O) groups excluding carboxylic acids is 1. The average Bonchev–Trinajstić information content (AvgIpc) is 3.26. The van der Waals surface area contributed by atoms with Crippen LogP contribution in [0.5, 0.6) is 0 Å². The molecule has 0 radical (unpaired) electrons. The van der Waals surface area contributed by atoms with Crippen LogP contribution >= 0.6 is 0 Å². The summed E-state index contributed by atoms with van der Waals surface area (Å²) in [4.78, 5) is 31.9. The van der Waals surface area contributed by atoms with Crippen LogP contribution in [0.25, 0.3) is 10.9 Å². The summed E-state index contributed by atoms with van der Waals surface area (Å²) in [6.07, 6.45) is 2.12. The third-order valence-corrected chi connectivity index (χ3v) is 4.52. The first-order chi connectivity index (χ1) is 13.7. The van der Waals surface area contributed by atoms with Crippen molar-refractivity contribution in [3.05, 3.63) is 100 Å². The van der Waals surface area contributed by atoms with E-state index in [1.807, 2.05) is 42.5 Å². The fourth-order valence-electron chi connectivity index (χ4n) is 3.14. The number of fused-ring (bicyclic) bond motifs is 1. The summed E-state index contributed by atoms with van der Waals surface area (Å²) < 4.78 is 5.50. The molecule has 28 heavy (non-hydrogen) atoms. The normalized spacial score (nSPS) is 12.0. The van der Waals surface area contributed by atoms with E-state index in [2.05, 4.69) is 15.3 Å². The number of rotatable bonds is 6. The standard InChI is InChI=1S/C22H19N3O3/c26-20(13-12-19-23-17-10-5-4-9-16(17)22(27)24-19)25-21(18-11-6-14-28-18)15-7-2-1-3-8-15/h1-11,14,21H,12-13H2,(H,25,26)(H,23,24,27). The van der Waals surface area contributed by atoms with Gasteiger partial charge in [0.05, 0.1) is 17.2 Å². The van der Waals surface area contributed by atoms with Gasteiger partial charge in [0, 0.05) is 12.8 Å². The fraction of sp³-hybridized carbons (Fsp3) is 0.136. The Morgan fingerprint density at radius 3 is 2.61 bits per heavy atom. The molecule has 0 aliphatic carbocycles. The van der Waals surface area contributed by atoms with Crippen LogP contribution in [0.3, 0.4) is 0 Å². The number of aromatic amines is 1. The van der Waals surface area contributed by atoms with Crippen LogP contribution in [0.15, 0.2) is 82.2 Å². The summed E-state index contributed by atoms with van der Waals surface area (Å²) >= 11 is 0. The average molecular weight is 373 g/mol. The van der Waals surface area contributed by atoms with E-state index in [0.717, 1.165) is 5.56 Å². The summed E-state index contributed by atoms with van der Waals surface area (Å²) in [6, 6.07) is 20.0. The van der Waals surface area contributed by atoms with Gasteiger partial charge < -0.3 is 14.7 Å². The first-order valence-corrected chi connectivity index (χ1v) is 9.06. The van der Waals surface area contributed by atoms with Gasteiger partial charge in [-0.2, -0.15) is 0 Å². The number of para-hydroxylation sites is 1. The molecule has 140 valence electrons. The minimum absolute atomic E-state index is 0.152. The van der Waals surface area contributed by atoms with E-state index in [1.165, 1.54) is 0 Å². The van der Waals surface area contributed by atoms with Gasteiger partial charge >= 0.3 is 0 Å². The fourth-order valence-corrected chi connectivity index (χ4v) is 3.14. The van der Waals surface area contributed by atoms with Gasteiger partial charge in [0.2, 0.25) is 5.91 Å². The highest BCUT2D eigenvalue weighted by Gasteiger charge is 2.19. The Bertz CT molecular complexity index is 1130. The highest BCUT2D eigenvalue weighted by molar-refractivity contribution is 5.78. The number of aromatic nitrogens is 2. The van der Waals surface area contributed by atoms with E-state index in [9.17, 15) is 9.59 Å². The van der Waals surface area contributed by atoms with Crippen LogP contribution in [-0.2, 0) is 11.2 Å². The van der Waals surface area contributed by atoms with Crippen LogP contribution in [0, 0.1) is 0 Å². The topological polar surface area (TPSA) is 88.0 Å². The van der Waals surface area contributed by atoms with Crippen molar-refractivity contribution in [3.8, 4) is 0 Å². The van der Waals surface area contributed by atoms with Crippen molar-refractivity contribution in [3.63, 3.8) is 0 Å². The lowest BCUT2D eigenvalue weighted by Gasteiger charge is -2.17. The summed E-state index contributed by atoms with van der Waals surface area (Å²) in [6.45, 7) is 0. The highest BCUT2D eigenvalue weighted by Crippen LogP contribution is 2.22. The molecule has 0 saturated carbocycles. The van der Waals surface area contributed by atoms with Crippen molar-refractivity contribution in [1.29, 1.82) is 0 Å². The predicted molar refractivity (Wildman–Crippen MR) is 106 cm³/mol. The Morgan fingerprint density at radius 1 is 1.04 bits per heavy atom. The molecule has 1 amide bonds. The van der Waals surface area contributed by atoms with Crippen molar-refractivity contribution >= 4 is 16.8 Å². The van der Waals surface area contributed by atoms with Crippen molar-refractivity contribution in [2.45, 2.75) is 18.9 Å². The molecule has 6 nitrogen and oxygen atoms in total. The number of furan rings is 1. The van der Waals surface area contributed by atoms with Crippen molar-refractivity contribution in [2.75, 3.05) is 0 Å². The first kappa shape index (κ1) is 17.7. The zero-order valence-electron chi connectivity index (χ0n) is 15.1. The molecule has 4 aromatic rings. The molecule has 6 heteroatoms. The second-order valence-electron chi connectivity index (χ2n) is 6.46. The van der Waals surface area contributed by atoms with Gasteiger partial charge in [-0.25, -0.2) is 4.98 Å². The largest absolute Gasteiger partial charge is 0.467 e. The van der Waals surface area contributed by atoms with Gasteiger partial charge in [0.25, 0.3) is 5.56 Å². The zero-order valence-corrected chi connectivity index (χ0v) is 15.1. The van der Waals surface area contributed by atoms with Crippen molar-refractivity contribution in [1.82, 2.24) is 15.3 Å². The number of hydrogen-bond donors (Lipinski definition) is 2. The molecular weight excluding hydrogens is 354 g/mol. The Morgan fingerprint density at radius 2 is 1.82 bits per heavy atom. The molecule has 0 fully saturated rings. The summed E-state index contributed by atoms with van der Waals surface area (Å²) in [7, 11) is 0. The monoisotopic (exact) mass is 373 g/mol. The third-order valence-electron chi connectivity index (χ3n) is 4.52. The van der Waals surface area contributed by atoms with Gasteiger partial charge in [0.15, 0.2) is 0 Å². The number of hydrogen-bond acceptors (Lipinski definition) is 4. The van der Waals surface area contributed by atoms with E-state index in [0.29, 0.717) is 28.9 Å². The number of nitrogens with one attached hydrogen (secondary N) is 2. The number of aryl methyl sites for hydroxylation is 1. The van der Waals surface area contributed by atoms with Crippen molar-refractivity contribution < 1.29 is 9.21 Å². The van der Waals surface area contributed by atoms with Crippen LogP contribution in [0.1, 0.15) is 29.6 Å². The molecule has 2 aromatic heterocycles. The Labute approximate surface area is 161 Å². The quantitative estimate of drug-likeness (QED) is 0.542. The summed E-state index contributed by atoms with van der Waals surface area (Å²) in [5.41, 5.74) is 1.36. The first-order valence-electron chi connectivity index (χ1n) is 9.06. The third kappa shape index (κ3) is 3.86. The second kappa shape index (κ2) is 7.92. The maximum absolute atomic E-state index is 12.6. The Kier molecular flexibility index (Phi) is 5.01. The van der Waals surface area contributed by atoms with Gasteiger partial charge in [-0.1, -0.05) is 42.5 Å². The van der Waals surface area contributed by atoms with E-state index >= 15 is 0 Å². The SMILES string of the molecule is O=C(CCc1nc2ccccc2c(=O)[nH]1)NC(c1ccccc1)c1ccco1. The Balaban J connectivity index is 1.48. The lowest BCUT2D eigenvalue weighted by Crippen LogP contribution is -2.29. The molecule has 1 unspecified atom stereocenters. The molecular formula is C22H19N3O3. The molecule has 0 spiro atoms. The maximum atomic E-state index is 12.6. The number of benzene rings is 2. The van der Waals surface area contributed by atoms with E-state index in [1.54, 1.807) is 30.5 Å². The molecule has 0 aliphatic heterocycles. The molecule has 0 aliphatic rings. The van der Waals surface area contributed by atoms with Gasteiger partial charge in [-0.3, -0.25) is 9.59 Å². The number of carbonyl (C=O) groups is 1. The predicted octanol–water partition coefficient (Wildman–Crippen LogP) is 3.35. The zero-order chi connectivity index (χ0) is 19.3. The molecule has 0 saturated heterocycles. The molecule has 4 rings (SSSR count). The molecule has 2 N–H and O–H groups in total. The van der Waals surface area contributed by atoms with Gasteiger partial charge in [0.1, 0.15) is 17.6 Å². The lowest BCUT2D eigenvalue weighted by atomic mass is 10.0. The second-order valence-corrected chi connectivity index (χ2v) is 6.46. The van der Waals surface area contributed by atoms with Crippen LogP contribution in [0.2, 0.25) is 0 Å². The molecule has 2 heterocycles. The number of amides is 1. The number of nitrogens with zero attached hydrogens (tertiary/aromatic N) is 1. The van der Waals surface area contributed by atoms with E-state index in [-0.39, 0.29) is 23.9 Å². The van der Waals surface area contributed by atoms with Crippen LogP contribution < -0.4 is 10.9 Å². The molecule has 1 atom stereocenters. The Hall–Kier alpha value is -3.67. The molecule has 2 aromatic carbocycles. The van der Waals surface area contributed by atoms with E-state index < -0.39 is 0 Å². The lowest BCUT2D eigenvalue weighted by molar-refractivity contribution is -0.121. The van der Waals surface area contributed by atoms with E-state index in [4.69, 9.17) is 4.42 Å². The van der Waals surface area contributed by atoms with Crippen LogP contribution in [-0.4, -0.2) is 15.9 Å². The van der Waals surface area contributed by atoms with Crippen LogP contribution in [0.4, 0.5) is 0 Å². The minimum atomic E-state index is -0.368. The van der Waals surface area contributed by atoms with Gasteiger partial charge in [-0.15, -0.1) is 0 Å². The summed E-state index contributed by atoms with van der Waals surface area (Å²) in [5.74, 6) is 1.01. The molecule has 0 bridgehead atoms. The van der Waals surface area contributed by atoms with Gasteiger partial charge in [-0.05, 0) is 29.8 Å². The number of H-pyrrole nitrogens is 1.